The first kappa shape index (κ1) is 12.3. The van der Waals surface area contributed by atoms with Gasteiger partial charge in [0.1, 0.15) is 0 Å². The molecule has 1 aromatic rings. The Morgan fingerprint density at radius 1 is 1.00 bits per heavy atom. The summed E-state index contributed by atoms with van der Waals surface area (Å²) < 4.78 is 0. The molecule has 0 aromatic heterocycles. The fourth-order valence-electron chi connectivity index (χ4n) is 1.85. The number of hydrogen-bond donors (Lipinski definition) is 1. The highest BCUT2D eigenvalue weighted by Crippen LogP contribution is 2.12. The molecule has 0 amide bonds. The Bertz CT molecular complexity index is 266. The SMILES string of the molecule is CC(C)NC(C)C(C)Cc1ccccc1. The molecule has 84 valence electrons. The van der Waals surface area contributed by atoms with Crippen molar-refractivity contribution in [1.82, 2.24) is 5.32 Å². The Morgan fingerprint density at radius 2 is 1.60 bits per heavy atom. The van der Waals surface area contributed by atoms with Crippen LogP contribution in [0.5, 0.6) is 0 Å². The van der Waals surface area contributed by atoms with E-state index in [4.69, 9.17) is 0 Å². The van der Waals surface area contributed by atoms with E-state index in [1.807, 2.05) is 0 Å². The van der Waals surface area contributed by atoms with Crippen molar-refractivity contribution in [1.29, 1.82) is 0 Å². The Labute approximate surface area is 93.9 Å². The van der Waals surface area contributed by atoms with E-state index in [-0.39, 0.29) is 0 Å². The van der Waals surface area contributed by atoms with Crippen LogP contribution in [0.15, 0.2) is 30.3 Å². The summed E-state index contributed by atoms with van der Waals surface area (Å²) in [5.41, 5.74) is 1.43. The third kappa shape index (κ3) is 4.48. The molecule has 0 saturated heterocycles. The van der Waals surface area contributed by atoms with Gasteiger partial charge >= 0.3 is 0 Å². The quantitative estimate of drug-likeness (QED) is 0.778. The normalized spacial score (nSPS) is 15.3. The lowest BCUT2D eigenvalue weighted by Crippen LogP contribution is -2.37. The van der Waals surface area contributed by atoms with Crippen molar-refractivity contribution in [3.63, 3.8) is 0 Å². The Kier molecular flexibility index (Phi) is 4.83. The summed E-state index contributed by atoms with van der Waals surface area (Å²) in [6, 6.07) is 11.9. The van der Waals surface area contributed by atoms with Crippen LogP contribution < -0.4 is 5.32 Å². The Morgan fingerprint density at radius 3 is 2.13 bits per heavy atom. The maximum absolute atomic E-state index is 3.56. The molecule has 1 aromatic carbocycles. The third-order valence-electron chi connectivity index (χ3n) is 2.85. The van der Waals surface area contributed by atoms with Crippen molar-refractivity contribution >= 4 is 0 Å². The van der Waals surface area contributed by atoms with Crippen LogP contribution in [0.4, 0.5) is 0 Å². The average molecular weight is 205 g/mol. The second kappa shape index (κ2) is 5.92. The maximum Gasteiger partial charge on any atom is 0.00698 e. The van der Waals surface area contributed by atoms with Gasteiger partial charge in [0.15, 0.2) is 0 Å². The third-order valence-corrected chi connectivity index (χ3v) is 2.85. The zero-order chi connectivity index (χ0) is 11.3. The van der Waals surface area contributed by atoms with Crippen LogP contribution in [0, 0.1) is 5.92 Å². The summed E-state index contributed by atoms with van der Waals surface area (Å²) in [6.45, 7) is 8.98. The van der Waals surface area contributed by atoms with Crippen molar-refractivity contribution in [2.45, 2.75) is 46.2 Å². The predicted octanol–water partition coefficient (Wildman–Crippen LogP) is 3.25. The molecule has 0 saturated carbocycles. The van der Waals surface area contributed by atoms with Gasteiger partial charge in [-0.1, -0.05) is 51.1 Å². The van der Waals surface area contributed by atoms with E-state index in [2.05, 4.69) is 63.3 Å². The summed E-state index contributed by atoms with van der Waals surface area (Å²) in [6.07, 6.45) is 1.15. The van der Waals surface area contributed by atoms with E-state index in [0.29, 0.717) is 18.0 Å². The predicted molar refractivity (Wildman–Crippen MR) is 67.0 cm³/mol. The van der Waals surface area contributed by atoms with Gasteiger partial charge in [-0.3, -0.25) is 0 Å². The van der Waals surface area contributed by atoms with Crippen molar-refractivity contribution < 1.29 is 0 Å². The topological polar surface area (TPSA) is 12.0 Å². The summed E-state index contributed by atoms with van der Waals surface area (Å²) in [7, 11) is 0. The van der Waals surface area contributed by atoms with Crippen molar-refractivity contribution in [2.75, 3.05) is 0 Å². The van der Waals surface area contributed by atoms with E-state index in [1.165, 1.54) is 5.56 Å². The largest absolute Gasteiger partial charge is 0.312 e. The van der Waals surface area contributed by atoms with Crippen LogP contribution in [-0.4, -0.2) is 12.1 Å². The smallest absolute Gasteiger partial charge is 0.00698 e. The van der Waals surface area contributed by atoms with Gasteiger partial charge < -0.3 is 5.32 Å². The second-order valence-corrected chi connectivity index (χ2v) is 4.78. The van der Waals surface area contributed by atoms with Crippen molar-refractivity contribution in [3.05, 3.63) is 35.9 Å². The minimum absolute atomic E-state index is 0.568. The molecule has 0 aliphatic carbocycles. The van der Waals surface area contributed by atoms with Crippen molar-refractivity contribution in [2.24, 2.45) is 5.92 Å². The highest BCUT2D eigenvalue weighted by molar-refractivity contribution is 5.15. The number of benzene rings is 1. The summed E-state index contributed by atoms with van der Waals surface area (Å²) in [4.78, 5) is 0. The molecule has 0 spiro atoms. The first-order chi connectivity index (χ1) is 7.09. The highest BCUT2D eigenvalue weighted by atomic mass is 14.9. The van der Waals surface area contributed by atoms with E-state index in [9.17, 15) is 0 Å². The van der Waals surface area contributed by atoms with E-state index >= 15 is 0 Å². The molecule has 2 atom stereocenters. The molecule has 1 heteroatoms. The highest BCUT2D eigenvalue weighted by Gasteiger charge is 2.12. The molecule has 0 heterocycles. The number of nitrogens with one attached hydrogen (secondary N) is 1. The molecule has 15 heavy (non-hydrogen) atoms. The monoisotopic (exact) mass is 205 g/mol. The molecule has 2 unspecified atom stereocenters. The molecule has 1 N–H and O–H groups in total. The van der Waals surface area contributed by atoms with Gasteiger partial charge in [-0.05, 0) is 24.8 Å². The Hall–Kier alpha value is -0.820. The molecular formula is C14H23N. The maximum atomic E-state index is 3.56. The van der Waals surface area contributed by atoms with Crippen LogP contribution in [0.2, 0.25) is 0 Å². The molecular weight excluding hydrogens is 182 g/mol. The van der Waals surface area contributed by atoms with Crippen LogP contribution in [0.1, 0.15) is 33.3 Å². The van der Waals surface area contributed by atoms with Gasteiger partial charge in [-0.25, -0.2) is 0 Å². The lowest BCUT2D eigenvalue weighted by molar-refractivity contribution is 0.372. The number of hydrogen-bond acceptors (Lipinski definition) is 1. The molecule has 0 aliphatic heterocycles. The van der Waals surface area contributed by atoms with Gasteiger partial charge in [-0.15, -0.1) is 0 Å². The molecule has 1 rings (SSSR count). The van der Waals surface area contributed by atoms with E-state index < -0.39 is 0 Å². The molecule has 0 radical (unpaired) electrons. The van der Waals surface area contributed by atoms with Gasteiger partial charge in [0, 0.05) is 12.1 Å². The summed E-state index contributed by atoms with van der Waals surface area (Å²) in [5.74, 6) is 0.676. The van der Waals surface area contributed by atoms with Crippen molar-refractivity contribution in [3.8, 4) is 0 Å². The lowest BCUT2D eigenvalue weighted by atomic mass is 9.94. The fraction of sp³-hybridized carbons (Fsp3) is 0.571. The molecule has 0 fully saturated rings. The molecule has 0 bridgehead atoms. The fourth-order valence-corrected chi connectivity index (χ4v) is 1.85. The van der Waals surface area contributed by atoms with Crippen LogP contribution in [0.3, 0.4) is 0 Å². The zero-order valence-electron chi connectivity index (χ0n) is 10.3. The molecule has 0 aliphatic rings. The van der Waals surface area contributed by atoms with Crippen LogP contribution in [0.25, 0.3) is 0 Å². The summed E-state index contributed by atoms with van der Waals surface area (Å²) in [5, 5.41) is 3.56. The standard InChI is InChI=1S/C14H23N/c1-11(2)15-13(4)12(3)10-14-8-6-5-7-9-14/h5-9,11-13,15H,10H2,1-4H3. The second-order valence-electron chi connectivity index (χ2n) is 4.78. The Balaban J connectivity index is 2.45. The first-order valence-corrected chi connectivity index (χ1v) is 5.89. The zero-order valence-corrected chi connectivity index (χ0v) is 10.3. The van der Waals surface area contributed by atoms with Crippen LogP contribution >= 0.6 is 0 Å². The van der Waals surface area contributed by atoms with Crippen LogP contribution in [-0.2, 0) is 6.42 Å². The van der Waals surface area contributed by atoms with Gasteiger partial charge in [0.25, 0.3) is 0 Å². The lowest BCUT2D eigenvalue weighted by Gasteiger charge is -2.23. The van der Waals surface area contributed by atoms with E-state index in [0.717, 1.165) is 6.42 Å². The summed E-state index contributed by atoms with van der Waals surface area (Å²) >= 11 is 0. The first-order valence-electron chi connectivity index (χ1n) is 5.89. The van der Waals surface area contributed by atoms with Gasteiger partial charge in [0.05, 0.1) is 0 Å². The van der Waals surface area contributed by atoms with Gasteiger partial charge in [0.2, 0.25) is 0 Å². The average Bonchev–Trinajstić information content (AvgIpc) is 2.18. The molecule has 1 nitrogen and oxygen atoms in total. The number of rotatable bonds is 5. The minimum Gasteiger partial charge on any atom is -0.312 e. The van der Waals surface area contributed by atoms with E-state index in [1.54, 1.807) is 0 Å². The van der Waals surface area contributed by atoms with Gasteiger partial charge in [-0.2, -0.15) is 0 Å². The minimum atomic E-state index is 0.568.